The van der Waals surface area contributed by atoms with E-state index < -0.39 is 83.0 Å². The summed E-state index contributed by atoms with van der Waals surface area (Å²) in [5.74, 6) is -6.15. The van der Waals surface area contributed by atoms with Crippen molar-refractivity contribution in [2.75, 3.05) is 7.11 Å². The fraction of sp³-hybridized carbons (Fsp3) is 0.878. The molecule has 5 heterocycles. The number of methoxy groups -OCH3 is 1. The Balaban J connectivity index is 1.47. The Bertz CT molecular complexity index is 1640. The van der Waals surface area contributed by atoms with Crippen molar-refractivity contribution in [2.24, 2.45) is 41.4 Å². The highest BCUT2D eigenvalue weighted by Gasteiger charge is 2.64. The van der Waals surface area contributed by atoms with E-state index in [1.54, 1.807) is 0 Å². The summed E-state index contributed by atoms with van der Waals surface area (Å²) in [5, 5.41) is 11.2. The average Bonchev–Trinajstić information content (AvgIpc) is 3.57. The molecule has 5 aliphatic rings. The second-order valence-electron chi connectivity index (χ2n) is 20.1. The maximum absolute atomic E-state index is 13.1. The van der Waals surface area contributed by atoms with Crippen LogP contribution >= 0.6 is 0 Å². The van der Waals surface area contributed by atoms with Gasteiger partial charge in [0.05, 0.1) is 54.7 Å². The van der Waals surface area contributed by atoms with Crippen molar-refractivity contribution in [1.29, 1.82) is 0 Å². The highest BCUT2D eigenvalue weighted by Crippen LogP contribution is 2.55. The first kappa shape index (κ1) is 51.4. The Morgan fingerprint density at radius 3 is 2.05 bits per heavy atom. The lowest BCUT2D eigenvalue weighted by Crippen LogP contribution is -2.64. The first-order chi connectivity index (χ1) is 29.5. The Morgan fingerprint density at radius 2 is 1.48 bits per heavy atom. The van der Waals surface area contributed by atoms with Crippen molar-refractivity contribution in [2.45, 2.75) is 226 Å². The van der Waals surface area contributed by atoms with Gasteiger partial charge in [-0.3, -0.25) is 19.2 Å². The minimum absolute atomic E-state index is 0.0134. The summed E-state index contributed by atoms with van der Waals surface area (Å²) >= 11 is 0. The number of rotatable bonds is 15. The molecular weight excluding hydrogens is 813 g/mol. The van der Waals surface area contributed by atoms with Crippen molar-refractivity contribution in [3.63, 3.8) is 0 Å². The van der Waals surface area contributed by atoms with Crippen LogP contribution in [0.15, 0.2) is 12.2 Å². The van der Waals surface area contributed by atoms with Gasteiger partial charge in [0.2, 0.25) is 5.79 Å². The molecule has 4 fully saturated rings. The Labute approximate surface area is 376 Å². The molecule has 19 atom stereocenters. The summed E-state index contributed by atoms with van der Waals surface area (Å²) in [7, 11) is 1.39. The van der Waals surface area contributed by atoms with Crippen LogP contribution in [0.5, 0.6) is 0 Å². The zero-order chi connectivity index (χ0) is 46.8. The minimum Gasteiger partial charge on any atom is -0.469 e. The number of ether oxygens (including phenoxy) is 9. The van der Waals surface area contributed by atoms with E-state index in [1.165, 1.54) is 27.9 Å². The molecule has 0 aromatic rings. The Hall–Kier alpha value is -2.62. The summed E-state index contributed by atoms with van der Waals surface area (Å²) in [6.07, 6.45) is 5.40. The molecule has 14 nitrogen and oxygen atoms in total. The van der Waals surface area contributed by atoms with Crippen LogP contribution in [-0.4, -0.2) is 108 Å². The van der Waals surface area contributed by atoms with Crippen LogP contribution in [-0.2, 0) is 61.8 Å². The summed E-state index contributed by atoms with van der Waals surface area (Å²) in [6, 6.07) is 0. The van der Waals surface area contributed by atoms with Gasteiger partial charge in [-0.05, 0) is 95.6 Å². The zero-order valence-electron chi connectivity index (χ0n) is 40.6. The monoisotopic (exact) mass is 893 g/mol. The van der Waals surface area contributed by atoms with Gasteiger partial charge in [0.15, 0.2) is 11.9 Å². The zero-order valence-corrected chi connectivity index (χ0v) is 40.6. The molecule has 0 aromatic carbocycles. The van der Waals surface area contributed by atoms with Crippen LogP contribution in [0.3, 0.4) is 0 Å². The number of aliphatic hydroxyl groups is 1. The second kappa shape index (κ2) is 20.5. The van der Waals surface area contributed by atoms with E-state index in [2.05, 4.69) is 20.8 Å². The third-order valence-electron chi connectivity index (χ3n) is 15.7. The number of esters is 4. The van der Waals surface area contributed by atoms with Crippen LogP contribution < -0.4 is 0 Å². The first-order valence-electron chi connectivity index (χ1n) is 23.9. The van der Waals surface area contributed by atoms with Crippen molar-refractivity contribution >= 4 is 23.9 Å². The normalized spacial score (nSPS) is 40.9. The van der Waals surface area contributed by atoms with Crippen molar-refractivity contribution < 1.29 is 66.9 Å². The van der Waals surface area contributed by atoms with Gasteiger partial charge in [0, 0.05) is 50.9 Å². The molecule has 360 valence electrons. The molecule has 0 aromatic heterocycles. The van der Waals surface area contributed by atoms with Crippen molar-refractivity contribution in [3.8, 4) is 0 Å². The molecule has 5 rings (SSSR count). The number of carbonyl (C=O) groups excluding carboxylic acids is 4. The van der Waals surface area contributed by atoms with Crippen LogP contribution in [0.4, 0.5) is 0 Å². The summed E-state index contributed by atoms with van der Waals surface area (Å²) < 4.78 is 58.4. The standard InChI is InChI=1S/C49H80O14/c1-15-36(45(53)55-14)38-19-18-27(4)41(60-38)30(7)43(58-34(11)51)31(8)44(59-35(12)52)37(16-2)42-28(5)26-29(6)48(61-42)23-21-40(57-33(10)50)49(63-48)25-24-46(13,62-49)39-20-22-47(54,17-3)32(9)56-39/h21,23,27-32,36-44,54H,15-20,22,24-26H2,1-14H3/t27?,28-,29+,30+,31-,32-,36+,37+,38+,39+,40+,41+,42-,43-,44+,46-,47+,48-,49-/m0/s1. The molecule has 5 aliphatic heterocycles. The predicted molar refractivity (Wildman–Crippen MR) is 233 cm³/mol. The Kier molecular flexibility index (Phi) is 16.7. The van der Waals surface area contributed by atoms with Gasteiger partial charge in [-0.1, -0.05) is 55.4 Å². The molecule has 1 unspecified atom stereocenters. The topological polar surface area (TPSA) is 172 Å². The van der Waals surface area contributed by atoms with E-state index in [0.29, 0.717) is 57.8 Å². The predicted octanol–water partition coefficient (Wildman–Crippen LogP) is 7.78. The minimum atomic E-state index is -1.40. The molecule has 4 saturated heterocycles. The van der Waals surface area contributed by atoms with E-state index in [-0.39, 0.29) is 53.9 Å². The van der Waals surface area contributed by atoms with E-state index in [4.69, 9.17) is 42.6 Å². The summed E-state index contributed by atoms with van der Waals surface area (Å²) in [5.41, 5.74) is -1.74. The van der Waals surface area contributed by atoms with Crippen molar-refractivity contribution in [3.05, 3.63) is 12.2 Å². The smallest absolute Gasteiger partial charge is 0.311 e. The van der Waals surface area contributed by atoms with Crippen LogP contribution in [0.1, 0.15) is 154 Å². The summed E-state index contributed by atoms with van der Waals surface area (Å²) in [6.45, 7) is 24.3. The van der Waals surface area contributed by atoms with Gasteiger partial charge in [0.25, 0.3) is 0 Å². The number of carbonyl (C=O) groups is 4. The van der Waals surface area contributed by atoms with Gasteiger partial charge in [-0.15, -0.1) is 0 Å². The first-order valence-corrected chi connectivity index (χ1v) is 23.9. The number of hydrogen-bond donors (Lipinski definition) is 1. The average molecular weight is 893 g/mol. The molecule has 0 saturated carbocycles. The quantitative estimate of drug-likeness (QED) is 0.0960. The second-order valence-corrected chi connectivity index (χ2v) is 20.1. The van der Waals surface area contributed by atoms with Gasteiger partial charge >= 0.3 is 23.9 Å². The van der Waals surface area contributed by atoms with Crippen molar-refractivity contribution in [1.82, 2.24) is 0 Å². The lowest BCUT2D eigenvalue weighted by molar-refractivity contribution is -0.411. The molecule has 2 spiro atoms. The molecule has 0 bridgehead atoms. The molecule has 63 heavy (non-hydrogen) atoms. The van der Waals surface area contributed by atoms with E-state index in [9.17, 15) is 24.3 Å². The van der Waals surface area contributed by atoms with Crippen LogP contribution in [0.2, 0.25) is 0 Å². The van der Waals surface area contributed by atoms with E-state index >= 15 is 0 Å². The van der Waals surface area contributed by atoms with Gasteiger partial charge < -0.3 is 47.7 Å². The summed E-state index contributed by atoms with van der Waals surface area (Å²) in [4.78, 5) is 51.4. The third-order valence-corrected chi connectivity index (χ3v) is 15.7. The maximum Gasteiger partial charge on any atom is 0.311 e. The largest absolute Gasteiger partial charge is 0.469 e. The van der Waals surface area contributed by atoms with Gasteiger partial charge in [-0.2, -0.15) is 0 Å². The van der Waals surface area contributed by atoms with Crippen LogP contribution in [0, 0.1) is 41.4 Å². The highest BCUT2D eigenvalue weighted by atomic mass is 16.8. The molecule has 0 radical (unpaired) electrons. The van der Waals surface area contributed by atoms with Crippen LogP contribution in [0.25, 0.3) is 0 Å². The molecular formula is C49H80O14. The lowest BCUT2D eigenvalue weighted by atomic mass is 9.71. The lowest BCUT2D eigenvalue weighted by Gasteiger charge is -2.55. The van der Waals surface area contributed by atoms with Gasteiger partial charge in [-0.25, -0.2) is 0 Å². The van der Waals surface area contributed by atoms with E-state index in [0.717, 1.165) is 6.42 Å². The molecule has 0 amide bonds. The maximum atomic E-state index is 13.1. The SMILES string of the molecule is CC[C@@H]([C@H](OC(C)=O)[C@@H](C)[C@@H](OC(C)=O)[C@H](C)[C@@H]1O[C@@H]([C@@H](CC)C(=O)OC)CCC1C)[C@H]1O[C@]2(C=C[C@@H](OC(C)=O)[C@]3(CC[C@@](C)([C@H]4CC[C@](O)(CC)[C@H](C)O4)O3)O2)[C@H](C)C[C@@H]1C. The molecule has 1 N–H and O–H groups in total. The number of hydrogen-bond acceptors (Lipinski definition) is 14. The van der Waals surface area contributed by atoms with Gasteiger partial charge in [0.1, 0.15) is 12.2 Å². The fourth-order valence-corrected chi connectivity index (χ4v) is 11.9. The third kappa shape index (κ3) is 10.7. The van der Waals surface area contributed by atoms with E-state index in [1.807, 2.05) is 60.6 Å². The molecule has 14 heteroatoms. The Morgan fingerprint density at radius 1 is 0.810 bits per heavy atom. The highest BCUT2D eigenvalue weighted by molar-refractivity contribution is 5.73. The molecule has 0 aliphatic carbocycles. The fourth-order valence-electron chi connectivity index (χ4n) is 11.9.